The minimum absolute atomic E-state index is 0.0293. The Morgan fingerprint density at radius 1 is 1.45 bits per heavy atom. The van der Waals surface area contributed by atoms with E-state index < -0.39 is 0 Å². The number of aryl methyl sites for hydroxylation is 1. The van der Waals surface area contributed by atoms with Crippen LogP contribution in [0.4, 0.5) is 0 Å². The summed E-state index contributed by atoms with van der Waals surface area (Å²) in [4.78, 5) is 20.5. The summed E-state index contributed by atoms with van der Waals surface area (Å²) in [5, 5.41) is 3.01. The predicted octanol–water partition coefficient (Wildman–Crippen LogP) is 2.67. The highest BCUT2D eigenvalue weighted by molar-refractivity contribution is 5.74. The molecule has 0 fully saturated rings. The van der Waals surface area contributed by atoms with E-state index in [0.29, 0.717) is 5.92 Å². The van der Waals surface area contributed by atoms with Crippen molar-refractivity contribution in [3.05, 3.63) is 24.2 Å². The molecule has 1 atom stereocenters. The van der Waals surface area contributed by atoms with Gasteiger partial charge in [-0.25, -0.2) is 9.97 Å². The molecule has 1 amide bonds. The quantitative estimate of drug-likeness (QED) is 0.912. The predicted molar refractivity (Wildman–Crippen MR) is 79.2 cm³/mol. The third-order valence-electron chi connectivity index (χ3n) is 3.25. The lowest BCUT2D eigenvalue weighted by molar-refractivity contribution is -0.119. The highest BCUT2D eigenvalue weighted by atomic mass is 16.1. The molecule has 0 aliphatic rings. The molecule has 20 heavy (non-hydrogen) atoms. The maximum atomic E-state index is 11.5. The number of amides is 1. The number of carbonyl (C=O) groups excluding carboxylic acids is 1. The van der Waals surface area contributed by atoms with Gasteiger partial charge in [-0.05, 0) is 31.4 Å². The molecule has 2 aromatic heterocycles. The van der Waals surface area contributed by atoms with Crippen LogP contribution in [-0.2, 0) is 11.3 Å². The molecular formula is C15H22N4O. The fraction of sp³-hybridized carbons (Fsp3) is 0.533. The van der Waals surface area contributed by atoms with E-state index in [1.165, 1.54) is 0 Å². The van der Waals surface area contributed by atoms with Crippen molar-refractivity contribution in [3.8, 4) is 0 Å². The van der Waals surface area contributed by atoms with Crippen molar-refractivity contribution in [2.45, 2.75) is 46.7 Å². The number of rotatable bonds is 5. The molecule has 108 valence electrons. The second-order valence-electron chi connectivity index (χ2n) is 5.44. The number of carbonyl (C=O) groups is 1. The molecule has 0 saturated carbocycles. The molecule has 5 nitrogen and oxygen atoms in total. The van der Waals surface area contributed by atoms with E-state index >= 15 is 0 Å². The number of hydrogen-bond acceptors (Lipinski definition) is 3. The van der Waals surface area contributed by atoms with Gasteiger partial charge < -0.3 is 9.88 Å². The Hall–Kier alpha value is -1.91. The largest absolute Gasteiger partial charge is 0.346 e. The molecule has 5 heteroatoms. The fourth-order valence-electron chi connectivity index (χ4n) is 2.50. The van der Waals surface area contributed by atoms with Crippen LogP contribution in [0.15, 0.2) is 18.3 Å². The zero-order valence-corrected chi connectivity index (χ0v) is 12.6. The SMILES string of the molecule is CCn1c(C(CC(C)C)NC(C)=O)nc2cccnc21. The Bertz CT molecular complexity index is 603. The van der Waals surface area contributed by atoms with Crippen LogP contribution in [0.3, 0.4) is 0 Å². The summed E-state index contributed by atoms with van der Waals surface area (Å²) < 4.78 is 2.08. The van der Waals surface area contributed by atoms with E-state index in [4.69, 9.17) is 0 Å². The number of fused-ring (bicyclic) bond motifs is 1. The van der Waals surface area contributed by atoms with Gasteiger partial charge in [0.25, 0.3) is 0 Å². The van der Waals surface area contributed by atoms with Crippen molar-refractivity contribution in [3.63, 3.8) is 0 Å². The average Bonchev–Trinajstić information content (AvgIpc) is 2.75. The number of pyridine rings is 1. The Balaban J connectivity index is 2.48. The molecule has 2 rings (SSSR count). The molecule has 2 aromatic rings. The van der Waals surface area contributed by atoms with E-state index in [2.05, 4.69) is 40.6 Å². The normalized spacial score (nSPS) is 12.8. The van der Waals surface area contributed by atoms with Gasteiger partial charge in [-0.1, -0.05) is 13.8 Å². The van der Waals surface area contributed by atoms with Gasteiger partial charge in [-0.3, -0.25) is 4.79 Å². The molecule has 0 radical (unpaired) electrons. The molecule has 0 saturated heterocycles. The van der Waals surface area contributed by atoms with E-state index in [9.17, 15) is 4.79 Å². The van der Waals surface area contributed by atoms with Gasteiger partial charge in [-0.2, -0.15) is 0 Å². The minimum Gasteiger partial charge on any atom is -0.346 e. The summed E-state index contributed by atoms with van der Waals surface area (Å²) in [5.74, 6) is 1.34. The van der Waals surface area contributed by atoms with Crippen LogP contribution in [0.25, 0.3) is 11.2 Å². The first-order valence-corrected chi connectivity index (χ1v) is 7.11. The summed E-state index contributed by atoms with van der Waals surface area (Å²) in [7, 11) is 0. The number of aromatic nitrogens is 3. The van der Waals surface area contributed by atoms with Crippen molar-refractivity contribution in [2.24, 2.45) is 5.92 Å². The Kier molecular flexibility index (Phi) is 4.37. The standard InChI is InChI=1S/C15H22N4O/c1-5-19-14-12(7-6-8-16-14)18-15(19)13(9-10(2)3)17-11(4)20/h6-8,10,13H,5,9H2,1-4H3,(H,17,20). The zero-order valence-electron chi connectivity index (χ0n) is 12.6. The van der Waals surface area contributed by atoms with E-state index in [-0.39, 0.29) is 11.9 Å². The summed E-state index contributed by atoms with van der Waals surface area (Å²) in [6, 6.07) is 3.77. The van der Waals surface area contributed by atoms with Crippen LogP contribution < -0.4 is 5.32 Å². The Labute approximate surface area is 119 Å². The van der Waals surface area contributed by atoms with Crippen LogP contribution in [0.1, 0.15) is 46.0 Å². The van der Waals surface area contributed by atoms with Gasteiger partial charge in [0.05, 0.1) is 6.04 Å². The first-order valence-electron chi connectivity index (χ1n) is 7.11. The molecule has 0 aromatic carbocycles. The van der Waals surface area contributed by atoms with Gasteiger partial charge >= 0.3 is 0 Å². The van der Waals surface area contributed by atoms with E-state index in [1.54, 1.807) is 13.1 Å². The molecule has 0 aliphatic heterocycles. The highest BCUT2D eigenvalue weighted by Crippen LogP contribution is 2.24. The summed E-state index contributed by atoms with van der Waals surface area (Å²) >= 11 is 0. The number of imidazole rings is 1. The second-order valence-corrected chi connectivity index (χ2v) is 5.44. The maximum Gasteiger partial charge on any atom is 0.217 e. The van der Waals surface area contributed by atoms with E-state index in [1.807, 2.05) is 12.1 Å². The lowest BCUT2D eigenvalue weighted by Crippen LogP contribution is -2.29. The van der Waals surface area contributed by atoms with Crippen LogP contribution in [0.5, 0.6) is 0 Å². The smallest absolute Gasteiger partial charge is 0.217 e. The van der Waals surface area contributed by atoms with Gasteiger partial charge in [0.2, 0.25) is 5.91 Å². The van der Waals surface area contributed by atoms with Crippen LogP contribution in [0.2, 0.25) is 0 Å². The maximum absolute atomic E-state index is 11.5. The molecule has 0 spiro atoms. The minimum atomic E-state index is -0.0679. The third-order valence-corrected chi connectivity index (χ3v) is 3.25. The van der Waals surface area contributed by atoms with Gasteiger partial charge in [-0.15, -0.1) is 0 Å². The molecule has 1 unspecified atom stereocenters. The molecular weight excluding hydrogens is 252 g/mol. The first kappa shape index (κ1) is 14.5. The Morgan fingerprint density at radius 3 is 2.80 bits per heavy atom. The Morgan fingerprint density at radius 2 is 2.20 bits per heavy atom. The van der Waals surface area contributed by atoms with Crippen LogP contribution >= 0.6 is 0 Å². The lowest BCUT2D eigenvalue weighted by Gasteiger charge is -2.20. The van der Waals surface area contributed by atoms with Crippen molar-refractivity contribution in [1.82, 2.24) is 19.9 Å². The zero-order chi connectivity index (χ0) is 14.7. The van der Waals surface area contributed by atoms with Crippen molar-refractivity contribution in [2.75, 3.05) is 0 Å². The molecule has 0 bridgehead atoms. The van der Waals surface area contributed by atoms with Crippen molar-refractivity contribution >= 4 is 17.1 Å². The van der Waals surface area contributed by atoms with Crippen LogP contribution in [-0.4, -0.2) is 20.4 Å². The highest BCUT2D eigenvalue weighted by Gasteiger charge is 2.21. The van der Waals surface area contributed by atoms with Gasteiger partial charge in [0, 0.05) is 19.7 Å². The van der Waals surface area contributed by atoms with Crippen molar-refractivity contribution < 1.29 is 4.79 Å². The topological polar surface area (TPSA) is 59.8 Å². The second kappa shape index (κ2) is 6.03. The monoisotopic (exact) mass is 274 g/mol. The summed E-state index contributed by atoms with van der Waals surface area (Å²) in [6.07, 6.45) is 2.64. The van der Waals surface area contributed by atoms with Crippen molar-refractivity contribution in [1.29, 1.82) is 0 Å². The average molecular weight is 274 g/mol. The third kappa shape index (κ3) is 2.98. The van der Waals surface area contributed by atoms with Crippen LogP contribution in [0, 0.1) is 5.92 Å². The summed E-state index contributed by atoms with van der Waals surface area (Å²) in [6.45, 7) is 8.69. The number of nitrogens with one attached hydrogen (secondary N) is 1. The lowest BCUT2D eigenvalue weighted by atomic mass is 10.0. The molecule has 2 heterocycles. The van der Waals surface area contributed by atoms with E-state index in [0.717, 1.165) is 30.0 Å². The molecule has 1 N–H and O–H groups in total. The number of nitrogens with zero attached hydrogens (tertiary/aromatic N) is 3. The molecule has 0 aliphatic carbocycles. The van der Waals surface area contributed by atoms with Gasteiger partial charge in [0.15, 0.2) is 5.65 Å². The summed E-state index contributed by atoms with van der Waals surface area (Å²) in [5.41, 5.74) is 1.76. The number of hydrogen-bond donors (Lipinski definition) is 1. The fourth-order valence-corrected chi connectivity index (χ4v) is 2.50. The first-order chi connectivity index (χ1) is 9.52. The van der Waals surface area contributed by atoms with Gasteiger partial charge in [0.1, 0.15) is 11.3 Å².